The van der Waals surface area contributed by atoms with E-state index in [0.29, 0.717) is 0 Å². The van der Waals surface area contributed by atoms with E-state index in [-0.39, 0.29) is 22.7 Å². The molecule has 21 heteroatoms. The molecule has 3 saturated heterocycles. The van der Waals surface area contributed by atoms with Crippen LogP contribution in [0.15, 0.2) is 45.6 Å². The summed E-state index contributed by atoms with van der Waals surface area (Å²) in [6.45, 7) is -1.67. The number of ether oxygens (including phenoxy) is 6. The van der Waals surface area contributed by atoms with E-state index in [2.05, 4.69) is 0 Å². The van der Waals surface area contributed by atoms with Crippen LogP contribution < -0.4 is 10.2 Å². The van der Waals surface area contributed by atoms with Gasteiger partial charge in [0.05, 0.1) is 13.2 Å². The second-order valence-electron chi connectivity index (χ2n) is 12.6. The highest BCUT2D eigenvalue weighted by Crippen LogP contribution is 2.38. The third-order valence-electron chi connectivity index (χ3n) is 9.03. The molecule has 0 saturated carbocycles. The molecule has 53 heavy (non-hydrogen) atoms. The van der Waals surface area contributed by atoms with Gasteiger partial charge in [-0.1, -0.05) is 0 Å². The molecule has 1 aromatic heterocycles. The first-order valence-corrected chi connectivity index (χ1v) is 16.1. The summed E-state index contributed by atoms with van der Waals surface area (Å²) in [5.74, 6) is -2.51. The average molecular weight is 759 g/mol. The standard InChI is InChI=1S/C32H38O21/c33-7-14-17(37)20(40)25(45)31(49-14)52-28-22(42)18(38)15(8-47-30-24(44)21(41)23(43)29(46)53-30)50-32(28)51-27-19(39)16-12(36)5-11(35)6-13(16)48-26(27)9-1-3-10(34)4-2-9/h1-6,14-15,17-18,20-25,28-38,40-46H,7-8H2/t14?,15?,17-,18+,20?,21?,22?,23-,24+,25+,28+,29?,30-,31+,32+/m1/s1. The summed E-state index contributed by atoms with van der Waals surface area (Å²) in [7, 11) is 0. The molecular formula is C32H38O21. The molecule has 3 aliphatic heterocycles. The molecule has 292 valence electrons. The molecular weight excluding hydrogens is 720 g/mol. The molecule has 6 unspecified atom stereocenters. The van der Waals surface area contributed by atoms with Crippen molar-refractivity contribution in [2.75, 3.05) is 13.2 Å². The largest absolute Gasteiger partial charge is 0.508 e. The van der Waals surface area contributed by atoms with Gasteiger partial charge in [0.2, 0.25) is 17.5 Å². The Bertz CT molecular complexity index is 1780. The normalized spacial score (nSPS) is 37.8. The van der Waals surface area contributed by atoms with Crippen molar-refractivity contribution in [2.24, 2.45) is 0 Å². The number of fused-ring (bicyclic) bond motifs is 1. The zero-order chi connectivity index (χ0) is 38.5. The number of hydrogen-bond donors (Lipinski definition) is 13. The highest BCUT2D eigenvalue weighted by atomic mass is 16.8. The Balaban J connectivity index is 1.39. The number of hydrogen-bond acceptors (Lipinski definition) is 21. The quantitative estimate of drug-likeness (QED) is 0.0975. The van der Waals surface area contributed by atoms with Crippen LogP contribution in [-0.2, 0) is 23.7 Å². The van der Waals surface area contributed by atoms with E-state index in [0.717, 1.165) is 12.1 Å². The van der Waals surface area contributed by atoms with Gasteiger partial charge >= 0.3 is 0 Å². The first-order chi connectivity index (χ1) is 25.1. The number of phenolic OH excluding ortho intramolecular Hbond substituents is 3. The molecule has 13 N–H and O–H groups in total. The van der Waals surface area contributed by atoms with Crippen LogP contribution in [0.2, 0.25) is 0 Å². The van der Waals surface area contributed by atoms with E-state index in [1.807, 2.05) is 0 Å². The summed E-state index contributed by atoms with van der Waals surface area (Å²) in [4.78, 5) is 14.0. The van der Waals surface area contributed by atoms with Crippen molar-refractivity contribution in [3.8, 4) is 34.3 Å². The van der Waals surface area contributed by atoms with Gasteiger partial charge in [-0.3, -0.25) is 4.79 Å². The molecule has 0 radical (unpaired) electrons. The Kier molecular flexibility index (Phi) is 11.4. The Morgan fingerprint density at radius 2 is 1.26 bits per heavy atom. The van der Waals surface area contributed by atoms with E-state index in [9.17, 15) is 71.2 Å². The summed E-state index contributed by atoms with van der Waals surface area (Å²) in [6.07, 6.45) is -28.6. The van der Waals surface area contributed by atoms with Crippen molar-refractivity contribution in [1.29, 1.82) is 0 Å². The number of aromatic hydroxyl groups is 3. The first kappa shape index (κ1) is 39.0. The number of rotatable bonds is 9. The Morgan fingerprint density at radius 3 is 1.94 bits per heavy atom. The Labute approximate surface area is 296 Å². The van der Waals surface area contributed by atoms with Crippen LogP contribution in [0.25, 0.3) is 22.3 Å². The average Bonchev–Trinajstić information content (AvgIpc) is 3.12. The third kappa shape index (κ3) is 7.51. The van der Waals surface area contributed by atoms with Crippen LogP contribution in [-0.4, -0.2) is 172 Å². The maximum Gasteiger partial charge on any atom is 0.239 e. The zero-order valence-electron chi connectivity index (χ0n) is 27.1. The summed E-state index contributed by atoms with van der Waals surface area (Å²) < 4.78 is 39.2. The molecule has 21 nitrogen and oxygen atoms in total. The second kappa shape index (κ2) is 15.5. The monoisotopic (exact) mass is 758 g/mol. The van der Waals surface area contributed by atoms with Crippen LogP contribution in [0.4, 0.5) is 0 Å². The van der Waals surface area contributed by atoms with Crippen molar-refractivity contribution in [1.82, 2.24) is 0 Å². The minimum atomic E-state index is -2.11. The van der Waals surface area contributed by atoms with Crippen LogP contribution in [0.1, 0.15) is 0 Å². The molecule has 3 aromatic rings. The van der Waals surface area contributed by atoms with E-state index >= 15 is 0 Å². The van der Waals surface area contributed by atoms with Gasteiger partial charge in [0.1, 0.15) is 89.3 Å². The fraction of sp³-hybridized carbons (Fsp3) is 0.531. The van der Waals surface area contributed by atoms with Gasteiger partial charge in [0.25, 0.3) is 0 Å². The Hall–Kier alpha value is -3.75. The molecule has 6 rings (SSSR count). The highest BCUT2D eigenvalue weighted by molar-refractivity contribution is 5.88. The highest BCUT2D eigenvalue weighted by Gasteiger charge is 2.52. The topological polar surface area (TPSA) is 349 Å². The maximum absolute atomic E-state index is 14.0. The van der Waals surface area contributed by atoms with Gasteiger partial charge in [0.15, 0.2) is 30.7 Å². The lowest BCUT2D eigenvalue weighted by Gasteiger charge is -2.46. The van der Waals surface area contributed by atoms with Crippen molar-refractivity contribution >= 4 is 11.0 Å². The van der Waals surface area contributed by atoms with Crippen molar-refractivity contribution in [3.63, 3.8) is 0 Å². The summed E-state index contributed by atoms with van der Waals surface area (Å²) in [5.41, 5.74) is -1.30. The number of phenols is 3. The van der Waals surface area contributed by atoms with Crippen LogP contribution >= 0.6 is 0 Å². The molecule has 0 amide bonds. The van der Waals surface area contributed by atoms with E-state index in [4.69, 9.17) is 32.8 Å². The second-order valence-corrected chi connectivity index (χ2v) is 12.6. The molecule has 3 aliphatic rings. The number of benzene rings is 2. The van der Waals surface area contributed by atoms with E-state index < -0.39 is 134 Å². The smallest absolute Gasteiger partial charge is 0.239 e. The van der Waals surface area contributed by atoms with Gasteiger partial charge in [-0.05, 0) is 24.3 Å². The molecule has 3 fully saturated rings. The zero-order valence-corrected chi connectivity index (χ0v) is 27.1. The summed E-state index contributed by atoms with van der Waals surface area (Å²) >= 11 is 0. The SMILES string of the molecule is O=c1c(O[C@@H]2OC(CO[C@@H]3OC(O)[C@H](O)C(O)[C@@H]3O)[C@H](O)C(O)[C@@H]2O[C@@H]2OC(CO)[C@@H](O)C(O)[C@@H]2O)c(-c2ccc(O)cc2)oc2cc(O)cc(O)c12. The van der Waals surface area contributed by atoms with Crippen LogP contribution in [0, 0.1) is 0 Å². The molecule has 2 aromatic carbocycles. The predicted molar refractivity (Wildman–Crippen MR) is 168 cm³/mol. The van der Waals surface area contributed by atoms with Gasteiger partial charge in [-0.25, -0.2) is 0 Å². The molecule has 0 bridgehead atoms. The number of aliphatic hydroxyl groups excluding tert-OH is 10. The minimum Gasteiger partial charge on any atom is -0.508 e. The van der Waals surface area contributed by atoms with Crippen LogP contribution in [0.3, 0.4) is 0 Å². The number of aliphatic hydroxyl groups is 10. The third-order valence-corrected chi connectivity index (χ3v) is 9.03. The molecule has 4 heterocycles. The lowest BCUT2D eigenvalue weighted by atomic mass is 9.97. The van der Waals surface area contributed by atoms with Gasteiger partial charge in [-0.2, -0.15) is 0 Å². The van der Waals surface area contributed by atoms with Crippen molar-refractivity contribution in [3.05, 3.63) is 46.6 Å². The first-order valence-electron chi connectivity index (χ1n) is 16.1. The van der Waals surface area contributed by atoms with E-state index in [1.54, 1.807) is 0 Å². The lowest BCUT2D eigenvalue weighted by molar-refractivity contribution is -0.368. The van der Waals surface area contributed by atoms with Gasteiger partial charge in [0, 0.05) is 17.7 Å². The van der Waals surface area contributed by atoms with Crippen LogP contribution in [0.5, 0.6) is 23.0 Å². The molecule has 0 aliphatic carbocycles. The molecule has 15 atom stereocenters. The minimum absolute atomic E-state index is 0.0880. The van der Waals surface area contributed by atoms with Gasteiger partial charge < -0.3 is 99.2 Å². The molecule has 0 spiro atoms. The predicted octanol–water partition coefficient (Wildman–Crippen LogP) is -4.64. The fourth-order valence-electron chi connectivity index (χ4n) is 6.07. The van der Waals surface area contributed by atoms with E-state index in [1.165, 1.54) is 24.3 Å². The maximum atomic E-state index is 14.0. The van der Waals surface area contributed by atoms with Crippen molar-refractivity contribution < 1.29 is 99.2 Å². The lowest BCUT2D eigenvalue weighted by Crippen LogP contribution is -2.65. The fourth-order valence-corrected chi connectivity index (χ4v) is 6.07. The summed E-state index contributed by atoms with van der Waals surface area (Å²) in [6, 6.07) is 6.94. The Morgan fingerprint density at radius 1 is 0.642 bits per heavy atom. The van der Waals surface area contributed by atoms with Crippen molar-refractivity contribution in [2.45, 2.75) is 92.3 Å². The summed E-state index contributed by atoms with van der Waals surface area (Å²) in [5, 5.41) is 133. The van der Waals surface area contributed by atoms with Gasteiger partial charge in [-0.15, -0.1) is 0 Å².